The molecule has 0 aromatic carbocycles. The monoisotopic (exact) mass is 502 g/mol. The fourth-order valence-corrected chi connectivity index (χ4v) is 6.27. The second-order valence-corrected chi connectivity index (χ2v) is 10.9. The Balaban J connectivity index is 1.54. The summed E-state index contributed by atoms with van der Waals surface area (Å²) < 4.78 is 0. The van der Waals surface area contributed by atoms with Gasteiger partial charge in [-0.25, -0.2) is 9.78 Å². The Morgan fingerprint density at radius 1 is 0.943 bits per heavy atom. The van der Waals surface area contributed by atoms with E-state index in [4.69, 9.17) is 9.97 Å². The molecule has 35 heavy (non-hydrogen) atoms. The average molecular weight is 503 g/mol. The van der Waals surface area contributed by atoms with E-state index in [0.717, 1.165) is 93.1 Å². The number of nitrogens with zero attached hydrogens (tertiary/aromatic N) is 5. The molecule has 2 aromatic rings. The maximum absolute atomic E-state index is 11.5. The Morgan fingerprint density at radius 2 is 1.63 bits per heavy atom. The highest BCUT2D eigenvalue weighted by atomic mass is 32.1. The number of aryl methyl sites for hydroxylation is 1. The number of aromatic nitrogens is 3. The van der Waals surface area contributed by atoms with Crippen molar-refractivity contribution < 1.29 is 20.1 Å². The van der Waals surface area contributed by atoms with Gasteiger partial charge >= 0.3 is 5.97 Å². The lowest BCUT2D eigenvalue weighted by atomic mass is 9.91. The van der Waals surface area contributed by atoms with E-state index < -0.39 is 5.97 Å². The molecule has 5 rings (SSSR count). The van der Waals surface area contributed by atoms with Gasteiger partial charge < -0.3 is 25.1 Å². The lowest BCUT2D eigenvalue weighted by molar-refractivity contribution is 0.0701. The van der Waals surface area contributed by atoms with Crippen LogP contribution in [0.5, 0.6) is 0 Å². The van der Waals surface area contributed by atoms with Gasteiger partial charge in [0.05, 0.1) is 17.9 Å². The van der Waals surface area contributed by atoms with E-state index in [-0.39, 0.29) is 17.1 Å². The molecule has 0 radical (unpaired) electrons. The van der Waals surface area contributed by atoms with Gasteiger partial charge in [-0.05, 0) is 64.7 Å². The van der Waals surface area contributed by atoms with Crippen molar-refractivity contribution in [1.29, 1.82) is 0 Å². The largest absolute Gasteiger partial charge is 0.477 e. The second kappa shape index (κ2) is 10.2. The van der Waals surface area contributed by atoms with Crippen LogP contribution >= 0.6 is 11.3 Å². The number of aliphatic hydroxyl groups is 2. The number of nitrogens with one attached hydrogen (secondary N) is 1. The maximum atomic E-state index is 11.5. The number of hydrogen-bond acceptors (Lipinski definition) is 10. The molecule has 0 bridgehead atoms. The lowest BCUT2D eigenvalue weighted by Gasteiger charge is -2.38. The van der Waals surface area contributed by atoms with Gasteiger partial charge in [0.2, 0.25) is 5.95 Å². The summed E-state index contributed by atoms with van der Waals surface area (Å²) in [6.07, 6.45) is 7.44. The van der Waals surface area contributed by atoms with Crippen LogP contribution in [0.1, 0.15) is 72.3 Å². The van der Waals surface area contributed by atoms with Gasteiger partial charge in [-0.2, -0.15) is 9.97 Å². The molecule has 0 spiro atoms. The minimum absolute atomic E-state index is 0.204. The third kappa shape index (κ3) is 5.22. The molecule has 4 N–H and O–H groups in total. The molecule has 0 amide bonds. The van der Waals surface area contributed by atoms with Gasteiger partial charge in [-0.3, -0.25) is 5.32 Å². The fraction of sp³-hybridized carbons (Fsp3) is 0.667. The Bertz CT molecular complexity index is 1060. The average Bonchev–Trinajstić information content (AvgIpc) is 3.07. The number of carbonyl (C=O) groups is 1. The first kappa shape index (κ1) is 24.2. The predicted octanol–water partition coefficient (Wildman–Crippen LogP) is 3.09. The number of fused-ring (bicyclic) bond motifs is 1. The van der Waals surface area contributed by atoms with E-state index in [9.17, 15) is 20.1 Å². The van der Waals surface area contributed by atoms with Crippen LogP contribution in [0, 0.1) is 6.92 Å². The molecule has 2 fully saturated rings. The van der Waals surface area contributed by atoms with Crippen LogP contribution < -0.4 is 15.1 Å². The van der Waals surface area contributed by atoms with Gasteiger partial charge in [0.25, 0.3) is 0 Å². The van der Waals surface area contributed by atoms with E-state index in [0.29, 0.717) is 35.7 Å². The van der Waals surface area contributed by atoms with Crippen molar-refractivity contribution >= 4 is 40.0 Å². The highest BCUT2D eigenvalue weighted by molar-refractivity contribution is 7.17. The quantitative estimate of drug-likeness (QED) is 0.483. The minimum Gasteiger partial charge on any atom is -0.477 e. The topological polar surface area (TPSA) is 135 Å². The molecule has 3 aliphatic rings. The molecule has 0 unspecified atom stereocenters. The SMILES string of the molecule is Cc1nc(Nc2nc(N3CCC(O)CC3)c3c(n2)N(C2CCC(O)CC2)CCCC3)sc1C(=O)O. The number of aliphatic hydroxyl groups excluding tert-OH is 2. The lowest BCUT2D eigenvalue weighted by Crippen LogP contribution is -2.41. The van der Waals surface area contributed by atoms with Gasteiger partial charge in [-0.15, -0.1) is 0 Å². The molecule has 1 saturated carbocycles. The van der Waals surface area contributed by atoms with Crippen molar-refractivity contribution in [2.24, 2.45) is 0 Å². The maximum Gasteiger partial charge on any atom is 0.347 e. The zero-order chi connectivity index (χ0) is 24.5. The first-order chi connectivity index (χ1) is 16.9. The Hall–Kier alpha value is -2.50. The highest BCUT2D eigenvalue weighted by Gasteiger charge is 2.32. The Kier molecular flexibility index (Phi) is 7.08. The van der Waals surface area contributed by atoms with Crippen LogP contribution in [0.3, 0.4) is 0 Å². The summed E-state index contributed by atoms with van der Waals surface area (Å²) in [7, 11) is 0. The molecule has 10 nitrogen and oxygen atoms in total. The number of hydrogen-bond donors (Lipinski definition) is 4. The normalized spacial score (nSPS) is 23.6. The number of anilines is 4. The number of piperidine rings is 1. The zero-order valence-electron chi connectivity index (χ0n) is 20.1. The molecule has 0 atom stereocenters. The van der Waals surface area contributed by atoms with Crippen LogP contribution in [-0.2, 0) is 6.42 Å². The third-order valence-corrected chi connectivity index (χ3v) is 8.45. The molecule has 2 aromatic heterocycles. The number of thiazole rings is 1. The van der Waals surface area contributed by atoms with Crippen molar-refractivity contribution in [3.63, 3.8) is 0 Å². The number of carboxylic acids is 1. The number of rotatable bonds is 5. The molecule has 1 aliphatic carbocycles. The second-order valence-electron chi connectivity index (χ2n) is 9.87. The summed E-state index contributed by atoms with van der Waals surface area (Å²) in [5, 5.41) is 33.2. The van der Waals surface area contributed by atoms with Crippen LogP contribution in [0.25, 0.3) is 0 Å². The van der Waals surface area contributed by atoms with E-state index in [2.05, 4.69) is 20.1 Å². The summed E-state index contributed by atoms with van der Waals surface area (Å²) in [6.45, 7) is 4.08. The third-order valence-electron chi connectivity index (χ3n) is 7.39. The van der Waals surface area contributed by atoms with E-state index in [1.165, 1.54) is 0 Å². The first-order valence-electron chi connectivity index (χ1n) is 12.7. The molecule has 190 valence electrons. The van der Waals surface area contributed by atoms with Crippen molar-refractivity contribution in [2.75, 3.05) is 34.8 Å². The van der Waals surface area contributed by atoms with Crippen molar-refractivity contribution in [3.8, 4) is 0 Å². The van der Waals surface area contributed by atoms with Crippen molar-refractivity contribution in [2.45, 2.75) is 83.0 Å². The highest BCUT2D eigenvalue weighted by Crippen LogP contribution is 2.38. The molecule has 4 heterocycles. The van der Waals surface area contributed by atoms with Crippen LogP contribution in [-0.4, -0.2) is 74.1 Å². The zero-order valence-corrected chi connectivity index (χ0v) is 20.9. The van der Waals surface area contributed by atoms with Gasteiger partial charge in [0.1, 0.15) is 16.5 Å². The molecule has 2 aliphatic heterocycles. The van der Waals surface area contributed by atoms with Gasteiger partial charge in [-0.1, -0.05) is 11.3 Å². The predicted molar refractivity (Wildman–Crippen MR) is 135 cm³/mol. The molecular weight excluding hydrogens is 468 g/mol. The standard InChI is InChI=1S/C24H34N6O4S/c1-14-19(22(33)34)35-24(25-14)28-23-26-20(29-12-9-17(32)10-13-29)18-4-2-3-11-30(21(18)27-23)15-5-7-16(31)8-6-15/h15-17,31-32H,2-13H2,1H3,(H,33,34)(H,25,26,27,28). The number of carboxylic acid groups (broad SMARTS) is 1. The summed E-state index contributed by atoms with van der Waals surface area (Å²) >= 11 is 1.08. The fourth-order valence-electron chi connectivity index (χ4n) is 5.48. The van der Waals surface area contributed by atoms with Gasteiger partial charge in [0, 0.05) is 31.2 Å². The van der Waals surface area contributed by atoms with Gasteiger partial charge in [0.15, 0.2) is 5.13 Å². The Labute approximate surface area is 209 Å². The summed E-state index contributed by atoms with van der Waals surface area (Å²) in [5.74, 6) is 1.26. The van der Waals surface area contributed by atoms with Crippen LogP contribution in [0.2, 0.25) is 0 Å². The smallest absolute Gasteiger partial charge is 0.347 e. The van der Waals surface area contributed by atoms with E-state index >= 15 is 0 Å². The Morgan fingerprint density at radius 3 is 2.31 bits per heavy atom. The van der Waals surface area contributed by atoms with Crippen LogP contribution in [0.15, 0.2) is 0 Å². The van der Waals surface area contributed by atoms with E-state index in [1.807, 2.05) is 0 Å². The molecule has 11 heteroatoms. The van der Waals surface area contributed by atoms with E-state index in [1.54, 1.807) is 6.92 Å². The van der Waals surface area contributed by atoms with Crippen LogP contribution in [0.4, 0.5) is 22.7 Å². The summed E-state index contributed by atoms with van der Waals surface area (Å²) in [4.78, 5) is 30.7. The van der Waals surface area contributed by atoms with Crippen molar-refractivity contribution in [1.82, 2.24) is 15.0 Å². The molecule has 1 saturated heterocycles. The minimum atomic E-state index is -0.992. The first-order valence-corrected chi connectivity index (χ1v) is 13.5. The summed E-state index contributed by atoms with van der Waals surface area (Å²) in [6, 6.07) is 0.328. The van der Waals surface area contributed by atoms with Crippen molar-refractivity contribution in [3.05, 3.63) is 16.1 Å². The molecular formula is C24H34N6O4S. The summed E-state index contributed by atoms with van der Waals surface area (Å²) in [5.41, 5.74) is 1.62. The number of aromatic carboxylic acids is 1.